The van der Waals surface area contributed by atoms with Crippen molar-refractivity contribution in [2.24, 2.45) is 0 Å². The van der Waals surface area contributed by atoms with Gasteiger partial charge in [0.05, 0.1) is 15.6 Å². The lowest BCUT2D eigenvalue weighted by Gasteiger charge is -2.06. The first-order chi connectivity index (χ1) is 11.6. The van der Waals surface area contributed by atoms with Crippen LogP contribution in [0.4, 0.5) is 5.82 Å². The molecule has 1 aromatic carbocycles. The van der Waals surface area contributed by atoms with Crippen molar-refractivity contribution in [1.82, 2.24) is 9.97 Å². The number of hydrogen-bond acceptors (Lipinski definition) is 4. The largest absolute Gasteiger partial charge is 0.311 e. The maximum absolute atomic E-state index is 11.3. The SMILES string of the molecule is C[CH]c1nc(-c2cccc(C)c2)c(-c2ccnc(NC(C)=O)c2)s1. The van der Waals surface area contributed by atoms with Gasteiger partial charge in [-0.05, 0) is 30.7 Å². The lowest BCUT2D eigenvalue weighted by molar-refractivity contribution is -0.114. The van der Waals surface area contributed by atoms with E-state index < -0.39 is 0 Å². The minimum atomic E-state index is -0.134. The first kappa shape index (κ1) is 16.3. The number of anilines is 1. The molecule has 0 bridgehead atoms. The van der Waals surface area contributed by atoms with Crippen molar-refractivity contribution in [3.8, 4) is 21.7 Å². The number of amides is 1. The second kappa shape index (κ2) is 6.93. The fraction of sp³-hybridized carbons (Fsp3) is 0.158. The Kier molecular flexibility index (Phi) is 4.71. The molecule has 0 atom stereocenters. The molecule has 4 nitrogen and oxygen atoms in total. The Morgan fingerprint density at radius 3 is 2.75 bits per heavy atom. The van der Waals surface area contributed by atoms with Crippen molar-refractivity contribution in [2.75, 3.05) is 5.32 Å². The van der Waals surface area contributed by atoms with Crippen LogP contribution in [0.15, 0.2) is 42.6 Å². The maximum Gasteiger partial charge on any atom is 0.222 e. The third kappa shape index (κ3) is 3.51. The number of benzene rings is 1. The van der Waals surface area contributed by atoms with E-state index in [1.807, 2.05) is 31.5 Å². The van der Waals surface area contributed by atoms with E-state index in [2.05, 4.69) is 35.4 Å². The van der Waals surface area contributed by atoms with E-state index >= 15 is 0 Å². The molecule has 3 aromatic rings. The van der Waals surface area contributed by atoms with Gasteiger partial charge in [0.15, 0.2) is 0 Å². The topological polar surface area (TPSA) is 54.9 Å². The molecule has 24 heavy (non-hydrogen) atoms. The number of rotatable bonds is 4. The van der Waals surface area contributed by atoms with Gasteiger partial charge in [0.2, 0.25) is 5.91 Å². The number of pyridine rings is 1. The van der Waals surface area contributed by atoms with Gasteiger partial charge in [-0.25, -0.2) is 9.97 Å². The van der Waals surface area contributed by atoms with Gasteiger partial charge >= 0.3 is 0 Å². The molecule has 1 N–H and O–H groups in total. The molecule has 5 heteroatoms. The van der Waals surface area contributed by atoms with E-state index in [0.29, 0.717) is 5.82 Å². The number of nitrogens with one attached hydrogen (secondary N) is 1. The summed E-state index contributed by atoms with van der Waals surface area (Å²) in [5, 5.41) is 3.70. The minimum absolute atomic E-state index is 0.134. The zero-order chi connectivity index (χ0) is 17.1. The van der Waals surface area contributed by atoms with Crippen LogP contribution in [0.1, 0.15) is 24.4 Å². The Morgan fingerprint density at radius 1 is 1.21 bits per heavy atom. The number of carbonyl (C=O) groups excluding carboxylic acids is 1. The van der Waals surface area contributed by atoms with E-state index in [1.165, 1.54) is 12.5 Å². The van der Waals surface area contributed by atoms with Crippen LogP contribution >= 0.6 is 11.3 Å². The van der Waals surface area contributed by atoms with Crippen molar-refractivity contribution in [2.45, 2.75) is 20.8 Å². The number of thiazole rings is 1. The second-order valence-corrected chi connectivity index (χ2v) is 6.53. The number of hydrogen-bond donors (Lipinski definition) is 1. The highest BCUT2D eigenvalue weighted by atomic mass is 32.1. The molecule has 3 rings (SSSR count). The first-order valence-corrected chi connectivity index (χ1v) is 8.49. The fourth-order valence-electron chi connectivity index (χ4n) is 2.46. The first-order valence-electron chi connectivity index (χ1n) is 7.68. The number of aryl methyl sites for hydroxylation is 1. The van der Waals surface area contributed by atoms with Crippen LogP contribution in [0.25, 0.3) is 21.7 Å². The van der Waals surface area contributed by atoms with Gasteiger partial charge in [-0.2, -0.15) is 0 Å². The predicted octanol–water partition coefficient (Wildman–Crippen LogP) is 4.71. The molecule has 0 unspecified atom stereocenters. The Labute approximate surface area is 145 Å². The average Bonchev–Trinajstić information content (AvgIpc) is 2.99. The predicted molar refractivity (Wildman–Crippen MR) is 98.9 cm³/mol. The van der Waals surface area contributed by atoms with Crippen LogP contribution in [-0.4, -0.2) is 15.9 Å². The third-order valence-electron chi connectivity index (χ3n) is 3.51. The molecule has 0 fully saturated rings. The fourth-order valence-corrected chi connectivity index (χ4v) is 3.43. The monoisotopic (exact) mass is 336 g/mol. The van der Waals surface area contributed by atoms with Crippen LogP contribution in [0.5, 0.6) is 0 Å². The number of nitrogens with zero attached hydrogens (tertiary/aromatic N) is 2. The van der Waals surface area contributed by atoms with Crippen LogP contribution in [0.2, 0.25) is 0 Å². The molecular weight excluding hydrogens is 318 g/mol. The normalized spacial score (nSPS) is 10.6. The van der Waals surface area contributed by atoms with Gasteiger partial charge in [0.1, 0.15) is 5.82 Å². The molecule has 0 aliphatic heterocycles. The summed E-state index contributed by atoms with van der Waals surface area (Å²) in [5.41, 5.74) is 4.24. The van der Waals surface area contributed by atoms with Crippen molar-refractivity contribution < 1.29 is 4.79 Å². The standard InChI is InChI=1S/C19H18N3OS/c1-4-17-22-18(14-7-5-6-12(2)10-14)19(24-17)15-8-9-20-16(11-15)21-13(3)23/h4-11H,1-3H3,(H,20,21,23). The van der Waals surface area contributed by atoms with E-state index in [4.69, 9.17) is 4.98 Å². The van der Waals surface area contributed by atoms with Gasteiger partial charge in [-0.3, -0.25) is 4.79 Å². The van der Waals surface area contributed by atoms with E-state index in [-0.39, 0.29) is 5.91 Å². The van der Waals surface area contributed by atoms with Crippen molar-refractivity contribution in [3.63, 3.8) is 0 Å². The Morgan fingerprint density at radius 2 is 2.04 bits per heavy atom. The lowest BCUT2D eigenvalue weighted by atomic mass is 10.1. The molecule has 1 radical (unpaired) electrons. The van der Waals surface area contributed by atoms with E-state index in [1.54, 1.807) is 17.5 Å². The second-order valence-electron chi connectivity index (χ2n) is 5.50. The van der Waals surface area contributed by atoms with E-state index in [9.17, 15) is 4.79 Å². The molecule has 2 heterocycles. The minimum Gasteiger partial charge on any atom is -0.311 e. The summed E-state index contributed by atoms with van der Waals surface area (Å²) in [6.45, 7) is 5.53. The third-order valence-corrected chi connectivity index (χ3v) is 4.68. The highest BCUT2D eigenvalue weighted by Gasteiger charge is 2.15. The molecule has 1 amide bonds. The Hall–Kier alpha value is -2.53. The smallest absolute Gasteiger partial charge is 0.222 e. The molecule has 0 aliphatic carbocycles. The molecule has 0 spiro atoms. The number of aromatic nitrogens is 2. The summed E-state index contributed by atoms with van der Waals surface area (Å²) >= 11 is 1.63. The van der Waals surface area contributed by atoms with Crippen LogP contribution in [0, 0.1) is 13.3 Å². The van der Waals surface area contributed by atoms with Crippen LogP contribution in [0.3, 0.4) is 0 Å². The van der Waals surface area contributed by atoms with Gasteiger partial charge < -0.3 is 5.32 Å². The summed E-state index contributed by atoms with van der Waals surface area (Å²) in [7, 11) is 0. The number of carbonyl (C=O) groups is 1. The van der Waals surface area contributed by atoms with Gasteiger partial charge in [0.25, 0.3) is 0 Å². The van der Waals surface area contributed by atoms with E-state index in [0.717, 1.165) is 26.7 Å². The quantitative estimate of drug-likeness (QED) is 0.750. The molecule has 0 aliphatic rings. The molecule has 2 aromatic heterocycles. The summed E-state index contributed by atoms with van der Waals surface area (Å²) in [4.78, 5) is 21.3. The molecular formula is C19H18N3OS. The lowest BCUT2D eigenvalue weighted by Crippen LogP contribution is -2.07. The van der Waals surface area contributed by atoms with Gasteiger partial charge in [-0.1, -0.05) is 30.7 Å². The van der Waals surface area contributed by atoms with Crippen LogP contribution in [-0.2, 0) is 4.79 Å². The molecule has 121 valence electrons. The van der Waals surface area contributed by atoms with Gasteiger partial charge in [-0.15, -0.1) is 11.3 Å². The maximum atomic E-state index is 11.3. The highest BCUT2D eigenvalue weighted by molar-refractivity contribution is 7.16. The van der Waals surface area contributed by atoms with Gasteiger partial charge in [0, 0.05) is 25.1 Å². The van der Waals surface area contributed by atoms with Crippen molar-refractivity contribution in [1.29, 1.82) is 0 Å². The highest BCUT2D eigenvalue weighted by Crippen LogP contribution is 2.38. The zero-order valence-electron chi connectivity index (χ0n) is 13.8. The van der Waals surface area contributed by atoms with Crippen LogP contribution < -0.4 is 5.32 Å². The summed E-state index contributed by atoms with van der Waals surface area (Å²) in [6.07, 6.45) is 3.71. The van der Waals surface area contributed by atoms with Crippen molar-refractivity contribution >= 4 is 23.1 Å². The summed E-state index contributed by atoms with van der Waals surface area (Å²) in [5.74, 6) is 0.413. The molecule has 0 saturated heterocycles. The van der Waals surface area contributed by atoms with Crippen molar-refractivity contribution in [3.05, 3.63) is 59.6 Å². The molecule has 0 saturated carbocycles. The summed E-state index contributed by atoms with van der Waals surface area (Å²) in [6, 6.07) is 12.1. The Bertz CT molecular complexity index is 886. The summed E-state index contributed by atoms with van der Waals surface area (Å²) < 4.78 is 0. The Balaban J connectivity index is 2.11. The average molecular weight is 336 g/mol. The zero-order valence-corrected chi connectivity index (χ0v) is 14.6.